The number of imidazole rings is 2. The summed E-state index contributed by atoms with van der Waals surface area (Å²) in [5, 5.41) is 1.09. The lowest BCUT2D eigenvalue weighted by Gasteiger charge is -2.30. The van der Waals surface area contributed by atoms with E-state index in [2.05, 4.69) is 81.3 Å². The van der Waals surface area contributed by atoms with Crippen LogP contribution in [-0.2, 0) is 16.0 Å². The van der Waals surface area contributed by atoms with Crippen LogP contribution in [-0.4, -0.2) is 71.3 Å². The van der Waals surface area contributed by atoms with Gasteiger partial charge >= 0.3 is 0 Å². The van der Waals surface area contributed by atoms with E-state index in [1.54, 1.807) is 0 Å². The molecule has 3 aromatic heterocycles. The minimum absolute atomic E-state index is 0.0125. The molecule has 3 aliphatic rings. The molecule has 6 heterocycles. The van der Waals surface area contributed by atoms with Gasteiger partial charge in [0, 0.05) is 41.6 Å². The molecule has 2 saturated heterocycles. The molecule has 2 fully saturated rings. The fourth-order valence-electron chi connectivity index (χ4n) is 8.96. The summed E-state index contributed by atoms with van der Waals surface area (Å²) in [5.41, 5.74) is 20.7. The van der Waals surface area contributed by atoms with Crippen molar-refractivity contribution in [2.24, 2.45) is 23.3 Å². The number of nitrogens with zero attached hydrogens (tertiary/aromatic N) is 5. The highest BCUT2D eigenvalue weighted by atomic mass is 16.5. The summed E-state index contributed by atoms with van der Waals surface area (Å²) in [4.78, 5) is 47.0. The Morgan fingerprint density at radius 2 is 1.33 bits per heavy atom. The lowest BCUT2D eigenvalue weighted by Crippen LogP contribution is -2.46. The van der Waals surface area contributed by atoms with Crippen LogP contribution in [0.1, 0.15) is 88.9 Å². The van der Waals surface area contributed by atoms with Gasteiger partial charge in [-0.25, -0.2) is 9.97 Å². The summed E-state index contributed by atoms with van der Waals surface area (Å²) < 4.78 is 9.25. The fourth-order valence-corrected chi connectivity index (χ4v) is 8.96. The molecule has 12 nitrogen and oxygen atoms in total. The topological polar surface area (TPSA) is 164 Å². The van der Waals surface area contributed by atoms with Gasteiger partial charge in [0.1, 0.15) is 17.4 Å². The van der Waals surface area contributed by atoms with E-state index in [4.69, 9.17) is 26.2 Å². The molecule has 12 heteroatoms. The highest BCUT2D eigenvalue weighted by molar-refractivity contribution is 5.92. The number of amides is 2. The van der Waals surface area contributed by atoms with Crippen molar-refractivity contribution in [1.29, 1.82) is 0 Å². The zero-order chi connectivity index (χ0) is 40.2. The number of benzene rings is 3. The van der Waals surface area contributed by atoms with Crippen LogP contribution >= 0.6 is 0 Å². The molecule has 1 unspecified atom stereocenters. The first kappa shape index (κ1) is 37.8. The van der Waals surface area contributed by atoms with Crippen LogP contribution in [0, 0.1) is 11.8 Å². The molecule has 0 saturated carbocycles. The Balaban J connectivity index is 1.03. The molecule has 6 aromatic rings. The average Bonchev–Trinajstić information content (AvgIpc) is 4.08. The normalized spacial score (nSPS) is 20.1. The molecular weight excluding hydrogens is 727 g/mol. The fraction of sp³-hybridized carbons (Fsp3) is 0.391. The molecule has 3 aliphatic heterocycles. The van der Waals surface area contributed by atoms with Crippen LogP contribution in [0.3, 0.4) is 0 Å². The second-order valence-electron chi connectivity index (χ2n) is 16.9. The van der Waals surface area contributed by atoms with Gasteiger partial charge in [0.25, 0.3) is 0 Å². The number of nitrogens with two attached hydrogens (primary N) is 2. The van der Waals surface area contributed by atoms with E-state index in [0.29, 0.717) is 19.5 Å². The summed E-state index contributed by atoms with van der Waals surface area (Å²) in [6.45, 7) is 9.31. The maximum Gasteiger partial charge on any atom is 0.240 e. The summed E-state index contributed by atoms with van der Waals surface area (Å²) in [6, 6.07) is 24.2. The predicted molar refractivity (Wildman–Crippen MR) is 225 cm³/mol. The van der Waals surface area contributed by atoms with Crippen molar-refractivity contribution >= 4 is 22.7 Å². The van der Waals surface area contributed by atoms with E-state index in [1.165, 1.54) is 5.56 Å². The molecule has 2 amide bonds. The Morgan fingerprint density at radius 1 is 0.759 bits per heavy atom. The number of hydrogen-bond donors (Lipinski definition) is 4. The van der Waals surface area contributed by atoms with E-state index in [0.717, 1.165) is 87.8 Å². The quantitative estimate of drug-likeness (QED) is 0.112. The van der Waals surface area contributed by atoms with Gasteiger partial charge < -0.3 is 40.5 Å². The molecule has 9 rings (SSSR count). The van der Waals surface area contributed by atoms with E-state index in [-0.39, 0.29) is 42.0 Å². The number of hydrogen-bond acceptors (Lipinski definition) is 7. The number of H-pyrrole nitrogens is 2. The summed E-state index contributed by atoms with van der Waals surface area (Å²) in [6.07, 6.45) is 7.67. The average molecular weight is 780 g/mol. The molecule has 58 heavy (non-hydrogen) atoms. The van der Waals surface area contributed by atoms with Crippen molar-refractivity contribution in [2.75, 3.05) is 13.1 Å². The molecule has 5 atom stereocenters. The van der Waals surface area contributed by atoms with Crippen molar-refractivity contribution in [2.45, 2.75) is 90.2 Å². The zero-order valence-corrected chi connectivity index (χ0v) is 33.7. The van der Waals surface area contributed by atoms with Crippen molar-refractivity contribution < 1.29 is 14.3 Å². The van der Waals surface area contributed by atoms with Gasteiger partial charge in [0.15, 0.2) is 6.23 Å². The Hall–Kier alpha value is -5.72. The number of nitrogens with one attached hydrogen (secondary N) is 2. The number of rotatable bonds is 10. The van der Waals surface area contributed by atoms with Gasteiger partial charge in [-0.2, -0.15) is 0 Å². The first-order valence-corrected chi connectivity index (χ1v) is 20.8. The summed E-state index contributed by atoms with van der Waals surface area (Å²) >= 11 is 0. The van der Waals surface area contributed by atoms with Crippen molar-refractivity contribution in [3.05, 3.63) is 102 Å². The van der Waals surface area contributed by atoms with Crippen molar-refractivity contribution in [3.63, 3.8) is 0 Å². The number of carbonyl (C=O) groups excluding carboxylic acids is 2. The largest absolute Gasteiger partial charge is 0.469 e. The van der Waals surface area contributed by atoms with E-state index in [9.17, 15) is 9.59 Å². The highest BCUT2D eigenvalue weighted by Crippen LogP contribution is 2.45. The van der Waals surface area contributed by atoms with Crippen LogP contribution in [0.2, 0.25) is 0 Å². The summed E-state index contributed by atoms with van der Waals surface area (Å²) in [5.74, 6) is 2.48. The van der Waals surface area contributed by atoms with Gasteiger partial charge in [-0.3, -0.25) is 9.59 Å². The minimum atomic E-state index is -0.530. The van der Waals surface area contributed by atoms with Crippen LogP contribution < -0.4 is 16.2 Å². The third-order valence-electron chi connectivity index (χ3n) is 12.4. The highest BCUT2D eigenvalue weighted by Gasteiger charge is 2.37. The van der Waals surface area contributed by atoms with Crippen LogP contribution in [0.15, 0.2) is 85.2 Å². The summed E-state index contributed by atoms with van der Waals surface area (Å²) in [7, 11) is 0. The van der Waals surface area contributed by atoms with Gasteiger partial charge in [-0.1, -0.05) is 70.2 Å². The third-order valence-corrected chi connectivity index (χ3v) is 12.4. The molecule has 0 radical (unpaired) electrons. The monoisotopic (exact) mass is 779 g/mol. The third kappa shape index (κ3) is 6.77. The molecule has 0 aliphatic carbocycles. The number of likely N-dealkylation sites (tertiary alicyclic amines) is 2. The molecule has 0 bridgehead atoms. The van der Waals surface area contributed by atoms with Gasteiger partial charge in [-0.05, 0) is 73.4 Å². The van der Waals surface area contributed by atoms with E-state index >= 15 is 0 Å². The number of ether oxygens (including phenoxy) is 1. The van der Waals surface area contributed by atoms with E-state index < -0.39 is 12.1 Å². The number of aromatic amines is 2. The van der Waals surface area contributed by atoms with Gasteiger partial charge in [0.05, 0.1) is 59.2 Å². The zero-order valence-electron chi connectivity index (χ0n) is 33.7. The Bertz CT molecular complexity index is 2460. The lowest BCUT2D eigenvalue weighted by atomic mass is 10.0. The predicted octanol–water partition coefficient (Wildman–Crippen LogP) is 7.52. The number of carbonyl (C=O) groups is 2. The molecule has 6 N–H and O–H groups in total. The molecular formula is C46H53N9O3. The van der Waals surface area contributed by atoms with Gasteiger partial charge in [-0.15, -0.1) is 0 Å². The van der Waals surface area contributed by atoms with Crippen molar-refractivity contribution in [3.8, 4) is 39.5 Å². The van der Waals surface area contributed by atoms with Gasteiger partial charge in [0.2, 0.25) is 11.8 Å². The minimum Gasteiger partial charge on any atom is -0.469 e. The smallest absolute Gasteiger partial charge is 0.240 e. The Morgan fingerprint density at radius 3 is 1.91 bits per heavy atom. The Labute approximate surface area is 339 Å². The van der Waals surface area contributed by atoms with Crippen LogP contribution in [0.25, 0.3) is 44.7 Å². The van der Waals surface area contributed by atoms with Crippen molar-refractivity contribution in [1.82, 2.24) is 34.3 Å². The van der Waals surface area contributed by atoms with Crippen LogP contribution in [0.5, 0.6) is 5.75 Å². The molecule has 3 aromatic carbocycles. The first-order valence-electron chi connectivity index (χ1n) is 20.8. The maximum atomic E-state index is 13.3. The standard InChI is InChI=1S/C46H53N9O3/c1-26(2)41(47)45(56)53-18-8-12-36(53)43-49-24-33(51-43)29-15-17-35-31(21-29)22-38-32-16-14-30(23-39(32)58-40(55(35)38)20-28-10-6-5-7-11-28)34-25-50-44(52-34)37-13-9-19-54(37)46(57)42(48)27(3)4/h5-7,10-11,14-17,21-27,36-37,40-42H,8-9,12-13,18-20,47-48H2,1-4H3,(H,49,51)(H,50,52)/t36-,37-,40?,41-,42-/m0/s1. The molecule has 300 valence electrons. The molecule has 0 spiro atoms. The number of fused-ring (bicyclic) bond motifs is 5. The Kier molecular flexibility index (Phi) is 9.93. The van der Waals surface area contributed by atoms with Crippen LogP contribution in [0.4, 0.5) is 0 Å². The maximum absolute atomic E-state index is 13.3. The second-order valence-corrected chi connectivity index (χ2v) is 16.9. The lowest BCUT2D eigenvalue weighted by molar-refractivity contribution is -0.135. The second kappa shape index (κ2) is 15.2. The van der Waals surface area contributed by atoms with E-state index in [1.807, 2.05) is 56.0 Å². The number of aromatic nitrogens is 5. The SMILES string of the molecule is CC(C)[C@H](N)C(=O)N1CCC[C@H]1c1ncc(-c2ccc3c(c2)OC(Cc2ccccc2)n2c-3cc3cc(-c4cnc([C@@H]5CCCN5C(=O)[C@@H](N)C(C)C)[nH]4)ccc32)[nH]1. The first-order chi connectivity index (χ1) is 28.0.